The summed E-state index contributed by atoms with van der Waals surface area (Å²) in [5.74, 6) is -1.07. The largest absolute Gasteiger partial charge is 0.484 e. The summed E-state index contributed by atoms with van der Waals surface area (Å²) >= 11 is 5.58. The molecule has 0 bridgehead atoms. The molecule has 2 rings (SSSR count). The molecule has 2 amide bonds. The van der Waals surface area contributed by atoms with Crippen LogP contribution in [-0.4, -0.2) is 23.4 Å². The smallest absolute Gasteiger partial charge is 0.262 e. The third-order valence-electron chi connectivity index (χ3n) is 3.67. The fourth-order valence-corrected chi connectivity index (χ4v) is 2.27. The van der Waals surface area contributed by atoms with Crippen LogP contribution >= 0.6 is 11.6 Å². The van der Waals surface area contributed by atoms with Crippen LogP contribution in [0.1, 0.15) is 24.1 Å². The second-order valence-corrected chi connectivity index (χ2v) is 6.53. The van der Waals surface area contributed by atoms with E-state index >= 15 is 0 Å². The van der Waals surface area contributed by atoms with E-state index in [0.29, 0.717) is 12.2 Å². The van der Waals surface area contributed by atoms with Crippen LogP contribution in [0.3, 0.4) is 0 Å². The lowest BCUT2D eigenvalue weighted by atomic mass is 10.2. The van der Waals surface area contributed by atoms with Crippen molar-refractivity contribution in [2.45, 2.75) is 26.3 Å². The van der Waals surface area contributed by atoms with E-state index in [1.165, 1.54) is 12.1 Å². The Morgan fingerprint density at radius 1 is 1.21 bits per heavy atom. The van der Waals surface area contributed by atoms with Crippen molar-refractivity contribution in [1.82, 2.24) is 15.6 Å². The predicted molar refractivity (Wildman–Crippen MR) is 104 cm³/mol. The lowest BCUT2D eigenvalue weighted by Gasteiger charge is -2.10. The molecule has 0 aliphatic heterocycles. The van der Waals surface area contributed by atoms with Crippen molar-refractivity contribution in [2.75, 3.05) is 6.61 Å². The van der Waals surface area contributed by atoms with Gasteiger partial charge >= 0.3 is 0 Å². The molecule has 0 saturated heterocycles. The van der Waals surface area contributed by atoms with Gasteiger partial charge < -0.3 is 15.4 Å². The SMILES string of the molecule is C=C(CCC(=O)NCc1ccc(C)cn1)NC(=O)COc1ccc(Cl)c(F)c1. The molecule has 0 radical (unpaired) electrons. The highest BCUT2D eigenvalue weighted by Crippen LogP contribution is 2.20. The molecule has 8 heteroatoms. The molecule has 148 valence electrons. The highest BCUT2D eigenvalue weighted by molar-refractivity contribution is 6.30. The zero-order chi connectivity index (χ0) is 20.5. The monoisotopic (exact) mass is 405 g/mol. The number of allylic oxidation sites excluding steroid dienone is 1. The number of benzene rings is 1. The van der Waals surface area contributed by atoms with Gasteiger partial charge in [-0.15, -0.1) is 0 Å². The van der Waals surface area contributed by atoms with E-state index in [2.05, 4.69) is 22.2 Å². The Hall–Kier alpha value is -2.93. The Morgan fingerprint density at radius 3 is 2.68 bits per heavy atom. The van der Waals surface area contributed by atoms with Crippen molar-refractivity contribution in [3.63, 3.8) is 0 Å². The normalized spacial score (nSPS) is 10.2. The topological polar surface area (TPSA) is 80.3 Å². The summed E-state index contributed by atoms with van der Waals surface area (Å²) in [6, 6.07) is 7.67. The molecule has 0 aliphatic rings. The van der Waals surface area contributed by atoms with Crippen LogP contribution in [0.25, 0.3) is 0 Å². The maximum atomic E-state index is 13.3. The van der Waals surface area contributed by atoms with Crippen LogP contribution in [0.5, 0.6) is 5.75 Å². The van der Waals surface area contributed by atoms with E-state index in [0.717, 1.165) is 17.3 Å². The zero-order valence-corrected chi connectivity index (χ0v) is 16.2. The van der Waals surface area contributed by atoms with Gasteiger partial charge in [0.15, 0.2) is 6.61 Å². The number of hydrogen-bond donors (Lipinski definition) is 2. The third kappa shape index (κ3) is 7.36. The number of rotatable bonds is 9. The van der Waals surface area contributed by atoms with Crippen LogP contribution in [-0.2, 0) is 16.1 Å². The Kier molecular flexibility index (Phi) is 7.95. The number of aryl methyl sites for hydroxylation is 1. The number of carbonyl (C=O) groups is 2. The summed E-state index contributed by atoms with van der Waals surface area (Å²) < 4.78 is 18.5. The Morgan fingerprint density at radius 2 is 2.00 bits per heavy atom. The standard InChI is InChI=1S/C20H21ClFN3O3/c1-13-3-5-15(23-10-13)11-24-19(26)8-4-14(2)25-20(27)12-28-16-6-7-17(21)18(22)9-16/h3,5-7,9-10H,2,4,8,11-12H2,1H3,(H,24,26)(H,25,27). The van der Waals surface area contributed by atoms with Gasteiger partial charge in [0.2, 0.25) is 5.91 Å². The summed E-state index contributed by atoms with van der Waals surface area (Å²) in [6.07, 6.45) is 2.20. The molecule has 0 aliphatic carbocycles. The molecule has 2 N–H and O–H groups in total. The van der Waals surface area contributed by atoms with Crippen molar-refractivity contribution in [2.24, 2.45) is 0 Å². The minimum absolute atomic E-state index is 0.0263. The molecule has 0 unspecified atom stereocenters. The van der Waals surface area contributed by atoms with E-state index in [4.69, 9.17) is 16.3 Å². The van der Waals surface area contributed by atoms with Crippen LogP contribution < -0.4 is 15.4 Å². The van der Waals surface area contributed by atoms with Gasteiger partial charge in [-0.25, -0.2) is 4.39 Å². The van der Waals surface area contributed by atoms with Crippen LogP contribution in [0, 0.1) is 12.7 Å². The van der Waals surface area contributed by atoms with Gasteiger partial charge in [-0.3, -0.25) is 14.6 Å². The molecule has 0 fully saturated rings. The van der Waals surface area contributed by atoms with Gasteiger partial charge in [0.25, 0.3) is 5.91 Å². The first-order valence-electron chi connectivity index (χ1n) is 8.57. The number of pyridine rings is 1. The molecule has 0 spiro atoms. The number of nitrogens with zero attached hydrogens (tertiary/aromatic N) is 1. The van der Waals surface area contributed by atoms with Crippen LogP contribution in [0.2, 0.25) is 5.02 Å². The van der Waals surface area contributed by atoms with Gasteiger partial charge in [0, 0.05) is 24.4 Å². The number of carbonyl (C=O) groups excluding carboxylic acids is 2. The Labute approximate surface area is 167 Å². The lowest BCUT2D eigenvalue weighted by molar-refractivity contribution is -0.123. The number of amides is 2. The highest BCUT2D eigenvalue weighted by Gasteiger charge is 2.09. The number of halogens is 2. The van der Waals surface area contributed by atoms with E-state index in [1.807, 2.05) is 19.1 Å². The van der Waals surface area contributed by atoms with Crippen molar-refractivity contribution in [1.29, 1.82) is 0 Å². The fourth-order valence-electron chi connectivity index (χ4n) is 2.16. The van der Waals surface area contributed by atoms with Gasteiger partial charge in [-0.2, -0.15) is 0 Å². The van der Waals surface area contributed by atoms with E-state index in [9.17, 15) is 14.0 Å². The van der Waals surface area contributed by atoms with Gasteiger partial charge in [0.1, 0.15) is 11.6 Å². The van der Waals surface area contributed by atoms with Gasteiger partial charge in [-0.1, -0.05) is 24.2 Å². The molecular formula is C20H21ClFN3O3. The lowest BCUT2D eigenvalue weighted by Crippen LogP contribution is -2.29. The highest BCUT2D eigenvalue weighted by atomic mass is 35.5. The van der Waals surface area contributed by atoms with Crippen molar-refractivity contribution in [3.05, 3.63) is 70.9 Å². The van der Waals surface area contributed by atoms with Gasteiger partial charge in [-0.05, 0) is 37.1 Å². The summed E-state index contributed by atoms with van der Waals surface area (Å²) in [6.45, 7) is 5.68. The number of nitrogens with one attached hydrogen (secondary N) is 2. The minimum atomic E-state index is -0.629. The van der Waals surface area contributed by atoms with Gasteiger partial charge in [0.05, 0.1) is 17.3 Å². The molecule has 2 aromatic rings. The molecule has 0 atom stereocenters. The second kappa shape index (κ2) is 10.4. The first-order valence-corrected chi connectivity index (χ1v) is 8.95. The maximum Gasteiger partial charge on any atom is 0.262 e. The predicted octanol–water partition coefficient (Wildman–Crippen LogP) is 3.29. The van der Waals surface area contributed by atoms with Crippen molar-refractivity contribution < 1.29 is 18.7 Å². The first kappa shape index (κ1) is 21.4. The van der Waals surface area contributed by atoms with Crippen LogP contribution in [0.4, 0.5) is 4.39 Å². The summed E-state index contributed by atoms with van der Waals surface area (Å²) in [7, 11) is 0. The second-order valence-electron chi connectivity index (χ2n) is 6.12. The zero-order valence-electron chi connectivity index (χ0n) is 15.4. The average molecular weight is 406 g/mol. The molecule has 1 aromatic carbocycles. The summed E-state index contributed by atoms with van der Waals surface area (Å²) in [5, 5.41) is 5.27. The van der Waals surface area contributed by atoms with E-state index in [-0.39, 0.29) is 36.1 Å². The Balaban J connectivity index is 1.65. The van der Waals surface area contributed by atoms with E-state index < -0.39 is 11.7 Å². The van der Waals surface area contributed by atoms with Crippen LogP contribution in [0.15, 0.2) is 48.8 Å². The first-order chi connectivity index (χ1) is 13.3. The average Bonchev–Trinajstić information content (AvgIpc) is 2.67. The quantitative estimate of drug-likeness (QED) is 0.670. The number of hydrogen-bond acceptors (Lipinski definition) is 4. The number of aromatic nitrogens is 1. The molecule has 28 heavy (non-hydrogen) atoms. The molecule has 1 heterocycles. The summed E-state index contributed by atoms with van der Waals surface area (Å²) in [4.78, 5) is 27.9. The van der Waals surface area contributed by atoms with Crippen molar-refractivity contribution in [3.8, 4) is 5.75 Å². The molecule has 6 nitrogen and oxygen atoms in total. The molecule has 1 aromatic heterocycles. The maximum absolute atomic E-state index is 13.3. The molecular weight excluding hydrogens is 385 g/mol. The van der Waals surface area contributed by atoms with E-state index in [1.54, 1.807) is 6.20 Å². The third-order valence-corrected chi connectivity index (χ3v) is 3.98. The number of ether oxygens (including phenoxy) is 1. The Bertz CT molecular complexity index is 856. The fraction of sp³-hybridized carbons (Fsp3) is 0.250. The van der Waals surface area contributed by atoms with Crippen molar-refractivity contribution >= 4 is 23.4 Å². The minimum Gasteiger partial charge on any atom is -0.484 e. The molecule has 0 saturated carbocycles. The summed E-state index contributed by atoms with van der Waals surface area (Å²) in [5.41, 5.74) is 2.20.